The van der Waals surface area contributed by atoms with E-state index in [-0.39, 0.29) is 19.1 Å². The van der Waals surface area contributed by atoms with E-state index in [2.05, 4.69) is 0 Å². The minimum Gasteiger partial charge on any atom is -0.478 e. The number of carbonyl (C=O) groups is 1. The predicted octanol–water partition coefficient (Wildman–Crippen LogP) is 0.254. The average molecular weight is 176 g/mol. The molecule has 0 saturated carbocycles. The molecule has 3 N–H and O–H groups in total. The van der Waals surface area contributed by atoms with Crippen molar-refractivity contribution in [2.75, 3.05) is 13.2 Å². The van der Waals surface area contributed by atoms with E-state index in [1.807, 2.05) is 0 Å². The molecule has 0 aromatic rings. The van der Waals surface area contributed by atoms with Crippen LogP contribution in [0.5, 0.6) is 0 Å². The molecule has 0 aromatic carbocycles. The van der Waals surface area contributed by atoms with Crippen molar-refractivity contribution in [1.82, 2.24) is 0 Å². The molecule has 72 valence electrons. The zero-order chi connectivity index (χ0) is 9.98. The molecule has 0 unspecified atom stereocenters. The lowest BCUT2D eigenvalue weighted by Crippen LogP contribution is -2.04. The Morgan fingerprint density at radius 2 is 1.83 bits per heavy atom. The van der Waals surface area contributed by atoms with E-state index in [0.29, 0.717) is 0 Å². The third-order valence-electron chi connectivity index (χ3n) is 0.933. The van der Waals surface area contributed by atoms with Crippen LogP contribution < -0.4 is 0 Å². The van der Waals surface area contributed by atoms with Gasteiger partial charge in [0.2, 0.25) is 0 Å². The number of allylic oxidation sites excluding steroid dienone is 1. The number of carboxylic acids is 1. The van der Waals surface area contributed by atoms with Crippen LogP contribution in [-0.2, 0) is 4.79 Å². The molecular formula is C8H16O4. The van der Waals surface area contributed by atoms with Gasteiger partial charge < -0.3 is 15.3 Å². The molecule has 0 fully saturated rings. The lowest BCUT2D eigenvalue weighted by molar-refractivity contribution is -0.131. The van der Waals surface area contributed by atoms with Gasteiger partial charge in [0.05, 0.1) is 0 Å². The Morgan fingerprint density at radius 3 is 1.83 bits per heavy atom. The number of hydrogen-bond donors (Lipinski definition) is 3. The van der Waals surface area contributed by atoms with E-state index in [9.17, 15) is 4.79 Å². The van der Waals surface area contributed by atoms with Crippen LogP contribution in [-0.4, -0.2) is 34.5 Å². The Bertz CT molecular complexity index is 127. The molecule has 0 radical (unpaired) electrons. The highest BCUT2D eigenvalue weighted by molar-refractivity contribution is 5.79. The summed E-state index contributed by atoms with van der Waals surface area (Å²) in [6, 6.07) is 0. The van der Waals surface area contributed by atoms with Crippen LogP contribution >= 0.6 is 0 Å². The number of rotatable bonds is 3. The molecular weight excluding hydrogens is 160 g/mol. The maximum absolute atomic E-state index is 9.51. The molecule has 0 aromatic heterocycles. The van der Waals surface area contributed by atoms with Crippen LogP contribution in [0.2, 0.25) is 0 Å². The number of aliphatic hydroxyl groups is 2. The third-order valence-corrected chi connectivity index (χ3v) is 0.933. The molecule has 12 heavy (non-hydrogen) atoms. The quantitative estimate of drug-likeness (QED) is 0.539. The van der Waals surface area contributed by atoms with Crippen molar-refractivity contribution in [2.24, 2.45) is 5.92 Å². The first-order valence-corrected chi connectivity index (χ1v) is 3.65. The molecule has 0 heterocycles. The Kier molecular flexibility index (Phi) is 11.6. The highest BCUT2D eigenvalue weighted by Gasteiger charge is 1.91. The van der Waals surface area contributed by atoms with E-state index < -0.39 is 5.97 Å². The minimum atomic E-state index is -0.891. The van der Waals surface area contributed by atoms with E-state index in [4.69, 9.17) is 15.3 Å². The van der Waals surface area contributed by atoms with Gasteiger partial charge >= 0.3 is 5.97 Å². The molecule has 0 aliphatic rings. The van der Waals surface area contributed by atoms with Crippen molar-refractivity contribution in [2.45, 2.75) is 13.8 Å². The molecule has 0 aliphatic heterocycles. The molecule has 0 amide bonds. The van der Waals surface area contributed by atoms with Crippen LogP contribution in [0.1, 0.15) is 13.8 Å². The van der Waals surface area contributed by atoms with Crippen LogP contribution in [0.15, 0.2) is 12.2 Å². The summed E-state index contributed by atoms with van der Waals surface area (Å²) in [6.07, 6.45) is 2.56. The minimum absolute atomic E-state index is 0.0463. The molecule has 4 heteroatoms. The summed E-state index contributed by atoms with van der Waals surface area (Å²) in [4.78, 5) is 9.51. The summed E-state index contributed by atoms with van der Waals surface area (Å²) in [5, 5.41) is 24.2. The SMILES string of the molecule is CC(CO)CO.CC=CC(=O)O. The van der Waals surface area contributed by atoms with Gasteiger partial charge in [0.15, 0.2) is 0 Å². The molecule has 0 aliphatic carbocycles. The maximum Gasteiger partial charge on any atom is 0.327 e. The van der Waals surface area contributed by atoms with Crippen molar-refractivity contribution < 1.29 is 20.1 Å². The summed E-state index contributed by atoms with van der Waals surface area (Å²) in [5.74, 6) is -0.845. The second kappa shape index (κ2) is 10.1. The highest BCUT2D eigenvalue weighted by Crippen LogP contribution is 1.85. The summed E-state index contributed by atoms with van der Waals surface area (Å²) in [7, 11) is 0. The van der Waals surface area contributed by atoms with Gasteiger partial charge in [-0.1, -0.05) is 13.0 Å². The van der Waals surface area contributed by atoms with Gasteiger partial charge in [-0.3, -0.25) is 0 Å². The fraction of sp³-hybridized carbons (Fsp3) is 0.625. The second-order valence-corrected chi connectivity index (χ2v) is 2.31. The van der Waals surface area contributed by atoms with Crippen molar-refractivity contribution in [3.63, 3.8) is 0 Å². The number of aliphatic carboxylic acids is 1. The van der Waals surface area contributed by atoms with Crippen molar-refractivity contribution in [3.05, 3.63) is 12.2 Å². The summed E-state index contributed by atoms with van der Waals surface area (Å²) < 4.78 is 0. The first-order chi connectivity index (χ1) is 5.58. The van der Waals surface area contributed by atoms with Crippen molar-refractivity contribution in [3.8, 4) is 0 Å². The maximum atomic E-state index is 9.51. The predicted molar refractivity (Wildman–Crippen MR) is 45.8 cm³/mol. The smallest absolute Gasteiger partial charge is 0.327 e. The van der Waals surface area contributed by atoms with Crippen molar-refractivity contribution in [1.29, 1.82) is 0 Å². The Balaban J connectivity index is 0. The lowest BCUT2D eigenvalue weighted by Gasteiger charge is -1.97. The summed E-state index contributed by atoms with van der Waals surface area (Å²) in [6.45, 7) is 3.60. The van der Waals surface area contributed by atoms with Crippen LogP contribution in [0.25, 0.3) is 0 Å². The molecule has 0 saturated heterocycles. The Morgan fingerprint density at radius 1 is 1.42 bits per heavy atom. The highest BCUT2D eigenvalue weighted by atomic mass is 16.4. The van der Waals surface area contributed by atoms with Gasteiger partial charge in [-0.25, -0.2) is 4.79 Å². The van der Waals surface area contributed by atoms with Gasteiger partial charge in [0, 0.05) is 25.2 Å². The summed E-state index contributed by atoms with van der Waals surface area (Å²) >= 11 is 0. The zero-order valence-electron chi connectivity index (χ0n) is 7.40. The summed E-state index contributed by atoms with van der Waals surface area (Å²) in [5.41, 5.74) is 0. The average Bonchev–Trinajstić information content (AvgIpc) is 2.04. The zero-order valence-corrected chi connectivity index (χ0v) is 7.40. The van der Waals surface area contributed by atoms with Gasteiger partial charge in [0.25, 0.3) is 0 Å². The number of aliphatic hydroxyl groups excluding tert-OH is 2. The Labute approximate surface area is 72.2 Å². The second-order valence-electron chi connectivity index (χ2n) is 2.31. The van der Waals surface area contributed by atoms with Crippen LogP contribution in [0.3, 0.4) is 0 Å². The standard InChI is InChI=1S/C4H10O2.C4H6O2/c1-4(2-5)3-6;1-2-3-4(5)6/h4-6H,2-3H2,1H3;2-3H,1H3,(H,5,6). The first-order valence-electron chi connectivity index (χ1n) is 3.65. The van der Waals surface area contributed by atoms with E-state index in [0.717, 1.165) is 6.08 Å². The van der Waals surface area contributed by atoms with Gasteiger partial charge in [-0.05, 0) is 6.92 Å². The molecule has 0 spiro atoms. The van der Waals surface area contributed by atoms with E-state index in [1.165, 1.54) is 6.08 Å². The molecule has 0 atom stereocenters. The fourth-order valence-corrected chi connectivity index (χ4v) is 0.200. The largest absolute Gasteiger partial charge is 0.478 e. The number of carboxylic acid groups (broad SMARTS) is 1. The lowest BCUT2D eigenvalue weighted by atomic mass is 10.2. The normalized spacial score (nSPS) is 9.75. The van der Waals surface area contributed by atoms with Gasteiger partial charge in [0.1, 0.15) is 0 Å². The monoisotopic (exact) mass is 176 g/mol. The van der Waals surface area contributed by atoms with Gasteiger partial charge in [-0.15, -0.1) is 0 Å². The Hall–Kier alpha value is -0.870. The topological polar surface area (TPSA) is 77.8 Å². The molecule has 4 nitrogen and oxygen atoms in total. The van der Waals surface area contributed by atoms with E-state index in [1.54, 1.807) is 13.8 Å². The number of hydrogen-bond acceptors (Lipinski definition) is 3. The van der Waals surface area contributed by atoms with Crippen LogP contribution in [0, 0.1) is 5.92 Å². The van der Waals surface area contributed by atoms with Gasteiger partial charge in [-0.2, -0.15) is 0 Å². The third kappa shape index (κ3) is 16.1. The van der Waals surface area contributed by atoms with E-state index >= 15 is 0 Å². The molecule has 0 rings (SSSR count). The fourth-order valence-electron chi connectivity index (χ4n) is 0.200. The first kappa shape index (κ1) is 13.7. The van der Waals surface area contributed by atoms with Crippen molar-refractivity contribution >= 4 is 5.97 Å². The van der Waals surface area contributed by atoms with Crippen LogP contribution in [0.4, 0.5) is 0 Å². The molecule has 0 bridgehead atoms.